The first-order valence-corrected chi connectivity index (χ1v) is 6.62. The lowest BCUT2D eigenvalue weighted by Crippen LogP contribution is -1.85. The predicted molar refractivity (Wildman–Crippen MR) is 85.4 cm³/mol. The van der Waals surface area contributed by atoms with Gasteiger partial charge in [0.1, 0.15) is 0 Å². The molecule has 0 aromatic heterocycles. The van der Waals surface area contributed by atoms with Crippen molar-refractivity contribution in [3.63, 3.8) is 0 Å². The van der Waals surface area contributed by atoms with Crippen LogP contribution in [0.15, 0.2) is 60.7 Å². The third-order valence-electron chi connectivity index (χ3n) is 2.96. The smallest absolute Gasteiger partial charge is 0.178 e. The number of hydrogen-bond acceptors (Lipinski definition) is 3. The molecule has 0 saturated heterocycles. The highest BCUT2D eigenvalue weighted by Crippen LogP contribution is 2.07. The summed E-state index contributed by atoms with van der Waals surface area (Å²) in [6.07, 6.45) is 6.35. The van der Waals surface area contributed by atoms with Gasteiger partial charge in [-0.3, -0.25) is 4.79 Å². The molecule has 0 aliphatic carbocycles. The fourth-order valence-electron chi connectivity index (χ4n) is 1.75. The second-order valence-electron chi connectivity index (χ2n) is 4.54. The number of hydrogen-bond donors (Lipinski definition) is 0. The Morgan fingerprint density at radius 1 is 0.727 bits per heavy atom. The molecule has 0 unspecified atom stereocenters. The summed E-state index contributed by atoms with van der Waals surface area (Å²) in [6, 6.07) is 18.0. The summed E-state index contributed by atoms with van der Waals surface area (Å²) in [5.41, 5.74) is 2.90. The first-order valence-electron chi connectivity index (χ1n) is 6.62. The van der Waals surface area contributed by atoms with E-state index in [1.807, 2.05) is 12.1 Å². The van der Waals surface area contributed by atoms with Crippen molar-refractivity contribution in [2.24, 2.45) is 0 Å². The fraction of sp³-hybridized carbons (Fsp3) is 0. The first-order chi connectivity index (χ1) is 10.7. The van der Waals surface area contributed by atoms with Crippen molar-refractivity contribution in [3.05, 3.63) is 82.9 Å². The van der Waals surface area contributed by atoms with Gasteiger partial charge in [-0.1, -0.05) is 36.4 Å². The molecule has 22 heavy (non-hydrogen) atoms. The Morgan fingerprint density at radius 2 is 1.09 bits per heavy atom. The number of carbonyl (C=O) groups excluding carboxylic acids is 1. The van der Waals surface area contributed by atoms with Gasteiger partial charge in [0, 0.05) is 0 Å². The SMILES string of the molecule is N#Cc1ccc(C=CC(=O)C=Cc2ccc(C#N)cc2)cc1. The van der Waals surface area contributed by atoms with E-state index in [1.165, 1.54) is 12.2 Å². The molecule has 0 bridgehead atoms. The summed E-state index contributed by atoms with van der Waals surface area (Å²) in [5.74, 6) is -0.131. The van der Waals surface area contributed by atoms with E-state index in [-0.39, 0.29) is 5.78 Å². The zero-order valence-corrected chi connectivity index (χ0v) is 11.7. The van der Waals surface area contributed by atoms with Gasteiger partial charge >= 0.3 is 0 Å². The minimum atomic E-state index is -0.131. The molecule has 104 valence electrons. The molecular formula is C19H12N2O. The van der Waals surface area contributed by atoms with E-state index in [0.717, 1.165) is 11.1 Å². The summed E-state index contributed by atoms with van der Waals surface area (Å²) in [7, 11) is 0. The van der Waals surface area contributed by atoms with Crippen LogP contribution in [0, 0.1) is 22.7 Å². The van der Waals surface area contributed by atoms with Crippen LogP contribution in [-0.2, 0) is 4.79 Å². The fourth-order valence-corrected chi connectivity index (χ4v) is 1.75. The zero-order valence-electron chi connectivity index (χ0n) is 11.7. The van der Waals surface area contributed by atoms with Gasteiger partial charge in [-0.25, -0.2) is 0 Å². The van der Waals surface area contributed by atoms with Crippen molar-refractivity contribution in [1.29, 1.82) is 10.5 Å². The Bertz CT molecular complexity index is 729. The van der Waals surface area contributed by atoms with Crippen LogP contribution >= 0.6 is 0 Å². The Hall–Kier alpha value is -3.43. The van der Waals surface area contributed by atoms with Crippen LogP contribution in [0.3, 0.4) is 0 Å². The Labute approximate surface area is 129 Å². The zero-order chi connectivity index (χ0) is 15.8. The van der Waals surface area contributed by atoms with Gasteiger partial charge in [-0.2, -0.15) is 10.5 Å². The highest BCUT2D eigenvalue weighted by molar-refractivity contribution is 6.04. The van der Waals surface area contributed by atoms with E-state index < -0.39 is 0 Å². The second-order valence-corrected chi connectivity index (χ2v) is 4.54. The molecule has 0 fully saturated rings. The van der Waals surface area contributed by atoms with Crippen LogP contribution in [0.4, 0.5) is 0 Å². The largest absolute Gasteiger partial charge is 0.290 e. The van der Waals surface area contributed by atoms with Gasteiger partial charge in [-0.05, 0) is 47.5 Å². The molecule has 0 N–H and O–H groups in total. The molecule has 3 heteroatoms. The number of nitriles is 2. The number of ketones is 1. The van der Waals surface area contributed by atoms with E-state index in [4.69, 9.17) is 10.5 Å². The molecule has 0 aliphatic heterocycles. The number of allylic oxidation sites excluding steroid dienone is 2. The van der Waals surface area contributed by atoms with Gasteiger partial charge in [-0.15, -0.1) is 0 Å². The Balaban J connectivity index is 1.99. The van der Waals surface area contributed by atoms with Crippen molar-refractivity contribution in [3.8, 4) is 12.1 Å². The lowest BCUT2D eigenvalue weighted by atomic mass is 10.1. The summed E-state index contributed by atoms with van der Waals surface area (Å²) >= 11 is 0. The molecule has 2 aromatic carbocycles. The number of carbonyl (C=O) groups is 1. The molecule has 0 radical (unpaired) electrons. The van der Waals surface area contributed by atoms with Gasteiger partial charge in [0.15, 0.2) is 5.78 Å². The molecule has 0 amide bonds. The van der Waals surface area contributed by atoms with Gasteiger partial charge < -0.3 is 0 Å². The van der Waals surface area contributed by atoms with Crippen LogP contribution in [0.5, 0.6) is 0 Å². The third-order valence-corrected chi connectivity index (χ3v) is 2.96. The molecule has 0 heterocycles. The van der Waals surface area contributed by atoms with E-state index in [0.29, 0.717) is 11.1 Å². The van der Waals surface area contributed by atoms with Crippen LogP contribution in [0.25, 0.3) is 12.2 Å². The first kappa shape index (κ1) is 15.0. The molecule has 0 atom stereocenters. The monoisotopic (exact) mass is 284 g/mol. The maximum absolute atomic E-state index is 11.8. The molecule has 0 saturated carbocycles. The average Bonchev–Trinajstić information content (AvgIpc) is 2.59. The van der Waals surface area contributed by atoms with Gasteiger partial charge in [0.2, 0.25) is 0 Å². The molecule has 2 rings (SSSR count). The molecule has 0 aliphatic rings. The number of rotatable bonds is 4. The summed E-state index contributed by atoms with van der Waals surface area (Å²) in [5, 5.41) is 17.4. The second kappa shape index (κ2) is 7.38. The standard InChI is InChI=1S/C19H12N2O/c20-13-17-5-1-15(2-6-17)9-11-19(22)12-10-16-3-7-18(14-21)8-4-16/h1-12H. The number of benzene rings is 2. The number of nitrogens with zero attached hydrogens (tertiary/aromatic N) is 2. The van der Waals surface area contributed by atoms with Crippen LogP contribution in [0.1, 0.15) is 22.3 Å². The maximum atomic E-state index is 11.8. The quantitative estimate of drug-likeness (QED) is 0.803. The molecule has 0 spiro atoms. The van der Waals surface area contributed by atoms with Crippen molar-refractivity contribution in [1.82, 2.24) is 0 Å². The highest BCUT2D eigenvalue weighted by Gasteiger charge is 1.93. The maximum Gasteiger partial charge on any atom is 0.178 e. The minimum absolute atomic E-state index is 0.131. The van der Waals surface area contributed by atoms with E-state index >= 15 is 0 Å². The van der Waals surface area contributed by atoms with Crippen LogP contribution < -0.4 is 0 Å². The normalized spacial score (nSPS) is 10.5. The van der Waals surface area contributed by atoms with Crippen LogP contribution in [-0.4, -0.2) is 5.78 Å². The average molecular weight is 284 g/mol. The topological polar surface area (TPSA) is 64.7 Å². The van der Waals surface area contributed by atoms with Crippen molar-refractivity contribution >= 4 is 17.9 Å². The highest BCUT2D eigenvalue weighted by atomic mass is 16.1. The van der Waals surface area contributed by atoms with E-state index in [2.05, 4.69) is 0 Å². The molecule has 3 nitrogen and oxygen atoms in total. The summed E-state index contributed by atoms with van der Waals surface area (Å²) < 4.78 is 0. The van der Waals surface area contributed by atoms with E-state index in [9.17, 15) is 4.79 Å². The Morgan fingerprint density at radius 3 is 1.41 bits per heavy atom. The van der Waals surface area contributed by atoms with Crippen molar-refractivity contribution in [2.45, 2.75) is 0 Å². The lowest BCUT2D eigenvalue weighted by molar-refractivity contribution is -0.110. The van der Waals surface area contributed by atoms with Crippen molar-refractivity contribution < 1.29 is 4.79 Å². The summed E-state index contributed by atoms with van der Waals surface area (Å²) in [4.78, 5) is 11.8. The van der Waals surface area contributed by atoms with E-state index in [1.54, 1.807) is 60.7 Å². The summed E-state index contributed by atoms with van der Waals surface area (Å²) in [6.45, 7) is 0. The third kappa shape index (κ3) is 4.30. The minimum Gasteiger partial charge on any atom is -0.290 e. The van der Waals surface area contributed by atoms with Gasteiger partial charge in [0.25, 0.3) is 0 Å². The Kier molecular flexibility index (Phi) is 5.02. The molecular weight excluding hydrogens is 272 g/mol. The molecule has 2 aromatic rings. The predicted octanol–water partition coefficient (Wildman–Crippen LogP) is 3.73. The van der Waals surface area contributed by atoms with Gasteiger partial charge in [0.05, 0.1) is 23.3 Å². The lowest BCUT2D eigenvalue weighted by Gasteiger charge is -1.93. The van der Waals surface area contributed by atoms with Crippen molar-refractivity contribution in [2.75, 3.05) is 0 Å². The van der Waals surface area contributed by atoms with Crippen LogP contribution in [0.2, 0.25) is 0 Å².